The largest absolute Gasteiger partial charge is 0.390 e. The number of aliphatic hydroxyl groups is 1. The topological polar surface area (TPSA) is 97.5 Å². The van der Waals surface area contributed by atoms with Gasteiger partial charge in [-0.05, 0) is 68.6 Å². The minimum atomic E-state index is -0.634. The Kier molecular flexibility index (Phi) is 6.93. The van der Waals surface area contributed by atoms with Gasteiger partial charge in [0.2, 0.25) is 0 Å². The lowest BCUT2D eigenvalue weighted by molar-refractivity contribution is -0.110. The highest BCUT2D eigenvalue weighted by molar-refractivity contribution is 6.38. The maximum Gasteiger partial charge on any atom is 0.256 e. The van der Waals surface area contributed by atoms with Gasteiger partial charge in [-0.1, -0.05) is 25.4 Å². The second kappa shape index (κ2) is 9.71. The molecule has 8 heteroatoms. The molecular formula is C25H31ClN4O3. The van der Waals surface area contributed by atoms with Crippen LogP contribution >= 0.6 is 11.6 Å². The first-order valence-corrected chi connectivity index (χ1v) is 12.0. The van der Waals surface area contributed by atoms with E-state index in [2.05, 4.69) is 20.5 Å². The smallest absolute Gasteiger partial charge is 0.256 e. The van der Waals surface area contributed by atoms with E-state index in [0.717, 1.165) is 66.1 Å². The van der Waals surface area contributed by atoms with Gasteiger partial charge in [0, 0.05) is 40.8 Å². The fourth-order valence-electron chi connectivity index (χ4n) is 4.89. The first-order valence-electron chi connectivity index (χ1n) is 11.6. The van der Waals surface area contributed by atoms with Crippen molar-refractivity contribution < 1.29 is 14.7 Å². The number of amides is 2. The van der Waals surface area contributed by atoms with Gasteiger partial charge in [0.1, 0.15) is 0 Å². The number of H-pyrrole nitrogens is 1. The van der Waals surface area contributed by atoms with Crippen molar-refractivity contribution in [2.24, 2.45) is 0 Å². The van der Waals surface area contributed by atoms with Crippen LogP contribution in [-0.2, 0) is 11.2 Å². The molecule has 0 radical (unpaired) electrons. The number of nitrogens with zero attached hydrogens (tertiary/aromatic N) is 1. The van der Waals surface area contributed by atoms with Crippen LogP contribution < -0.4 is 10.6 Å². The van der Waals surface area contributed by atoms with Gasteiger partial charge in [0.25, 0.3) is 11.8 Å². The number of allylic oxidation sites excluding steroid dienone is 1. The molecule has 2 heterocycles. The van der Waals surface area contributed by atoms with Crippen LogP contribution in [0.4, 0.5) is 5.69 Å². The van der Waals surface area contributed by atoms with Gasteiger partial charge in [-0.3, -0.25) is 9.59 Å². The summed E-state index contributed by atoms with van der Waals surface area (Å²) in [6.07, 6.45) is 1.71. The Balaban J connectivity index is 1.62. The highest BCUT2D eigenvalue weighted by Crippen LogP contribution is 2.43. The number of hydrogen-bond acceptors (Lipinski definition) is 4. The van der Waals surface area contributed by atoms with Crippen molar-refractivity contribution in [3.8, 4) is 0 Å². The Hall–Kier alpha value is -2.61. The third-order valence-electron chi connectivity index (χ3n) is 6.56. The molecule has 7 nitrogen and oxygen atoms in total. The zero-order valence-electron chi connectivity index (χ0n) is 19.3. The lowest BCUT2D eigenvalue weighted by atomic mass is 9.86. The van der Waals surface area contributed by atoms with E-state index in [1.165, 1.54) is 0 Å². The van der Waals surface area contributed by atoms with E-state index in [1.807, 2.05) is 32.9 Å². The fraction of sp³-hybridized carbons (Fsp3) is 0.440. The number of benzene rings is 1. The molecule has 2 aromatic rings. The maximum absolute atomic E-state index is 13.1. The van der Waals surface area contributed by atoms with Crippen LogP contribution in [0.1, 0.15) is 59.6 Å². The summed E-state index contributed by atoms with van der Waals surface area (Å²) in [7, 11) is 0. The van der Waals surface area contributed by atoms with Crippen LogP contribution in [0.25, 0.3) is 11.1 Å². The van der Waals surface area contributed by atoms with Crippen LogP contribution in [0, 0.1) is 6.92 Å². The predicted molar refractivity (Wildman–Crippen MR) is 131 cm³/mol. The number of halogens is 1. The number of rotatable bonds is 7. The number of nitrogens with one attached hydrogen (secondary N) is 3. The number of hydrogen-bond donors (Lipinski definition) is 4. The van der Waals surface area contributed by atoms with E-state index in [-0.39, 0.29) is 18.4 Å². The summed E-state index contributed by atoms with van der Waals surface area (Å²) in [5, 5.41) is 16.7. The summed E-state index contributed by atoms with van der Waals surface area (Å²) >= 11 is 6.21. The molecule has 4 rings (SSSR count). The van der Waals surface area contributed by atoms with Crippen molar-refractivity contribution in [2.75, 3.05) is 31.5 Å². The fourth-order valence-corrected chi connectivity index (χ4v) is 5.06. The summed E-state index contributed by atoms with van der Waals surface area (Å²) in [6.45, 7) is 8.39. The average molecular weight is 471 g/mol. The van der Waals surface area contributed by atoms with Crippen molar-refractivity contribution in [3.05, 3.63) is 51.3 Å². The molecule has 1 aliphatic heterocycles. The Morgan fingerprint density at radius 2 is 2.03 bits per heavy atom. The van der Waals surface area contributed by atoms with E-state index in [0.29, 0.717) is 22.7 Å². The Morgan fingerprint density at radius 3 is 2.76 bits per heavy atom. The van der Waals surface area contributed by atoms with Crippen LogP contribution in [0.3, 0.4) is 0 Å². The molecule has 33 heavy (non-hydrogen) atoms. The summed E-state index contributed by atoms with van der Waals surface area (Å²) < 4.78 is 0. The molecule has 2 amide bonds. The molecular weight excluding hydrogens is 440 g/mol. The number of likely N-dealkylation sites (N-methyl/N-ethyl adjacent to an activating group) is 1. The zero-order valence-corrected chi connectivity index (χ0v) is 20.1. The van der Waals surface area contributed by atoms with Gasteiger partial charge in [-0.15, -0.1) is 0 Å². The summed E-state index contributed by atoms with van der Waals surface area (Å²) in [4.78, 5) is 31.4. The Bertz CT molecular complexity index is 1120. The SMILES string of the molecule is CCN(CC)CC(O)CNC(=O)c1c(C)[nH]c2c1CCC/C2=C1/C(=O)Nc2ccc(Cl)cc21. The molecule has 1 aliphatic carbocycles. The number of aromatic amines is 1. The third kappa shape index (κ3) is 4.58. The second-order valence-corrected chi connectivity index (χ2v) is 9.12. The van der Waals surface area contributed by atoms with E-state index in [4.69, 9.17) is 11.6 Å². The zero-order chi connectivity index (χ0) is 23.7. The van der Waals surface area contributed by atoms with E-state index >= 15 is 0 Å². The molecule has 4 N–H and O–H groups in total. The number of carbonyl (C=O) groups is 2. The van der Waals surface area contributed by atoms with E-state index in [1.54, 1.807) is 6.07 Å². The van der Waals surface area contributed by atoms with Crippen molar-refractivity contribution in [3.63, 3.8) is 0 Å². The highest BCUT2D eigenvalue weighted by Gasteiger charge is 2.33. The lowest BCUT2D eigenvalue weighted by Gasteiger charge is -2.22. The van der Waals surface area contributed by atoms with Gasteiger partial charge in [0.05, 0.1) is 17.2 Å². The lowest BCUT2D eigenvalue weighted by Crippen LogP contribution is -2.40. The summed E-state index contributed by atoms with van der Waals surface area (Å²) in [6, 6.07) is 5.39. The van der Waals surface area contributed by atoms with E-state index in [9.17, 15) is 14.7 Å². The maximum atomic E-state index is 13.1. The minimum absolute atomic E-state index is 0.145. The Labute approximate surface area is 199 Å². The Morgan fingerprint density at radius 1 is 1.27 bits per heavy atom. The number of carbonyl (C=O) groups excluding carboxylic acids is 2. The molecule has 0 fully saturated rings. The molecule has 176 valence electrons. The molecule has 1 atom stereocenters. The van der Waals surface area contributed by atoms with Gasteiger partial charge >= 0.3 is 0 Å². The normalized spacial score (nSPS) is 18.2. The van der Waals surface area contributed by atoms with Crippen LogP contribution in [0.2, 0.25) is 5.02 Å². The first kappa shape index (κ1) is 23.5. The number of aromatic nitrogens is 1. The summed E-state index contributed by atoms with van der Waals surface area (Å²) in [5.74, 6) is -0.345. The first-order chi connectivity index (χ1) is 15.8. The molecule has 1 aromatic heterocycles. The van der Waals surface area contributed by atoms with Crippen LogP contribution in [-0.4, -0.2) is 59.1 Å². The van der Waals surface area contributed by atoms with Crippen molar-refractivity contribution in [1.29, 1.82) is 0 Å². The number of fused-ring (bicyclic) bond motifs is 2. The summed E-state index contributed by atoms with van der Waals surface area (Å²) in [5.41, 5.74) is 6.25. The average Bonchev–Trinajstić information content (AvgIpc) is 3.30. The molecule has 0 saturated heterocycles. The van der Waals surface area contributed by atoms with Gasteiger partial charge in [0.15, 0.2) is 0 Å². The third-order valence-corrected chi connectivity index (χ3v) is 6.80. The van der Waals surface area contributed by atoms with E-state index < -0.39 is 6.10 Å². The standard InChI is InChI=1S/C25H31ClN4O3/c1-4-30(5-2)13-16(31)12-27-24(32)21-14(3)28-23-17(21)7-6-8-18(23)22-19-11-15(26)9-10-20(19)29-25(22)33/h9-11,16,28,31H,4-8,12-13H2,1-3H3,(H,27,32)(H,29,33)/b22-18-. The molecule has 2 aliphatic rings. The monoisotopic (exact) mass is 470 g/mol. The van der Waals surface area contributed by atoms with Crippen LogP contribution in [0.5, 0.6) is 0 Å². The second-order valence-electron chi connectivity index (χ2n) is 8.68. The number of aliphatic hydroxyl groups excluding tert-OH is 1. The molecule has 0 spiro atoms. The highest BCUT2D eigenvalue weighted by atomic mass is 35.5. The molecule has 0 bridgehead atoms. The predicted octanol–water partition coefficient (Wildman–Crippen LogP) is 3.61. The van der Waals surface area contributed by atoms with Crippen molar-refractivity contribution in [1.82, 2.24) is 15.2 Å². The van der Waals surface area contributed by atoms with Crippen LogP contribution in [0.15, 0.2) is 18.2 Å². The van der Waals surface area contributed by atoms with Gasteiger partial charge in [-0.25, -0.2) is 0 Å². The molecule has 1 aromatic carbocycles. The number of anilines is 1. The molecule has 0 saturated carbocycles. The van der Waals surface area contributed by atoms with Gasteiger partial charge in [-0.2, -0.15) is 0 Å². The molecule has 1 unspecified atom stereocenters. The van der Waals surface area contributed by atoms with Gasteiger partial charge < -0.3 is 25.6 Å². The van der Waals surface area contributed by atoms with Crippen molar-refractivity contribution >= 4 is 40.2 Å². The van der Waals surface area contributed by atoms with Crippen molar-refractivity contribution in [2.45, 2.75) is 46.1 Å². The minimum Gasteiger partial charge on any atom is -0.390 e. The quantitative estimate of drug-likeness (QED) is 0.465. The number of aryl methyl sites for hydroxylation is 1.